The lowest BCUT2D eigenvalue weighted by Crippen LogP contribution is -2.61. The van der Waals surface area contributed by atoms with Gasteiger partial charge >= 0.3 is 0 Å². The van der Waals surface area contributed by atoms with Gasteiger partial charge in [0.25, 0.3) is 0 Å². The molecule has 1 saturated heterocycles. The van der Waals surface area contributed by atoms with Crippen LogP contribution in [-0.2, 0) is 48.2 Å². The van der Waals surface area contributed by atoms with E-state index in [-0.39, 0.29) is 0 Å². The number of hydrogen-bond acceptors (Lipinski definition) is 6. The van der Waals surface area contributed by atoms with E-state index in [9.17, 15) is 0 Å². The van der Waals surface area contributed by atoms with Crippen LogP contribution in [0.5, 0.6) is 0 Å². The van der Waals surface area contributed by atoms with Crippen LogP contribution in [0.15, 0.2) is 104 Å². The third-order valence-corrected chi connectivity index (χ3v) is 6.04. The van der Waals surface area contributed by atoms with Crippen LogP contribution in [0.2, 0.25) is 0 Å². The maximum atomic E-state index is 6.45. The summed E-state index contributed by atoms with van der Waals surface area (Å²) in [4.78, 5) is 0. The Balaban J connectivity index is 1.51. The Bertz CT molecular complexity index is 1010. The minimum Gasteiger partial charge on any atom is -0.493 e. The fourth-order valence-corrected chi connectivity index (χ4v) is 4.24. The van der Waals surface area contributed by atoms with Crippen LogP contribution < -0.4 is 0 Å². The van der Waals surface area contributed by atoms with Gasteiger partial charge in [0.05, 0.1) is 32.7 Å². The fraction of sp³-hybridized carbons (Fsp3) is 0.333. The van der Waals surface area contributed by atoms with Gasteiger partial charge in [-0.05, 0) is 16.7 Å². The van der Waals surface area contributed by atoms with Gasteiger partial charge in [-0.3, -0.25) is 0 Å². The van der Waals surface area contributed by atoms with E-state index in [1.807, 2.05) is 91.0 Å². The van der Waals surface area contributed by atoms with Gasteiger partial charge < -0.3 is 28.4 Å². The lowest BCUT2D eigenvalue weighted by Gasteiger charge is -2.45. The molecule has 6 nitrogen and oxygen atoms in total. The first-order chi connectivity index (χ1) is 17.8. The molecule has 0 spiro atoms. The van der Waals surface area contributed by atoms with Crippen LogP contribution in [0.1, 0.15) is 16.7 Å². The highest BCUT2D eigenvalue weighted by Gasteiger charge is 2.49. The summed E-state index contributed by atoms with van der Waals surface area (Å²) in [7, 11) is 1.61. The molecule has 3 aromatic rings. The Morgan fingerprint density at radius 2 is 1.19 bits per heavy atom. The first-order valence-electron chi connectivity index (χ1n) is 12.2. The molecule has 3 aromatic carbocycles. The van der Waals surface area contributed by atoms with Crippen molar-refractivity contribution in [3.05, 3.63) is 121 Å². The molecule has 190 valence electrons. The van der Waals surface area contributed by atoms with Crippen molar-refractivity contribution in [1.29, 1.82) is 0 Å². The second-order valence-corrected chi connectivity index (χ2v) is 8.57. The van der Waals surface area contributed by atoms with Crippen LogP contribution in [-0.4, -0.2) is 44.4 Å². The molecular weight excluding hydrogens is 456 g/mol. The Kier molecular flexibility index (Phi) is 10.1. The lowest BCUT2D eigenvalue weighted by molar-refractivity contribution is -0.316. The molecule has 1 fully saturated rings. The topological polar surface area (TPSA) is 55.4 Å². The maximum Gasteiger partial charge on any atom is 0.186 e. The zero-order valence-electron chi connectivity index (χ0n) is 20.6. The summed E-state index contributed by atoms with van der Waals surface area (Å²) < 4.78 is 36.8. The van der Waals surface area contributed by atoms with E-state index in [4.69, 9.17) is 28.4 Å². The van der Waals surface area contributed by atoms with E-state index < -0.39 is 30.7 Å². The van der Waals surface area contributed by atoms with E-state index in [0.717, 1.165) is 16.7 Å². The average Bonchev–Trinajstić information content (AvgIpc) is 2.93. The van der Waals surface area contributed by atoms with Crippen LogP contribution >= 0.6 is 0 Å². The summed E-state index contributed by atoms with van der Waals surface area (Å²) in [6.45, 7) is 5.31. The molecule has 0 radical (unpaired) electrons. The van der Waals surface area contributed by atoms with E-state index in [0.29, 0.717) is 26.4 Å². The van der Waals surface area contributed by atoms with Crippen LogP contribution in [0.4, 0.5) is 0 Å². The molecule has 0 aromatic heterocycles. The molecule has 0 saturated carbocycles. The quantitative estimate of drug-likeness (QED) is 0.304. The molecule has 0 aliphatic carbocycles. The monoisotopic (exact) mass is 490 g/mol. The minimum absolute atomic E-state index is 0.295. The molecule has 5 atom stereocenters. The van der Waals surface area contributed by atoms with E-state index in [1.54, 1.807) is 7.11 Å². The predicted octanol–water partition coefficient (Wildman–Crippen LogP) is 5.27. The molecule has 0 amide bonds. The van der Waals surface area contributed by atoms with Gasteiger partial charge in [-0.25, -0.2) is 0 Å². The molecule has 6 heteroatoms. The second kappa shape index (κ2) is 13.9. The van der Waals surface area contributed by atoms with Crippen molar-refractivity contribution in [1.82, 2.24) is 0 Å². The molecule has 1 aliphatic rings. The van der Waals surface area contributed by atoms with Gasteiger partial charge in [0.2, 0.25) is 0 Å². The maximum absolute atomic E-state index is 6.45. The van der Waals surface area contributed by atoms with Crippen molar-refractivity contribution in [2.24, 2.45) is 0 Å². The summed E-state index contributed by atoms with van der Waals surface area (Å²) in [5.74, 6) is 0. The molecule has 0 unspecified atom stereocenters. The summed E-state index contributed by atoms with van der Waals surface area (Å²) in [5.41, 5.74) is 3.18. The SMILES string of the molecule is C=CO[C@H]1[C@H](OCc2ccccc2)[C@@H](OCc2ccccc2)[C@@H](OC)O[C@@H]1COCc1ccccc1. The fourth-order valence-electron chi connectivity index (χ4n) is 4.24. The van der Waals surface area contributed by atoms with E-state index in [2.05, 4.69) is 6.58 Å². The number of methoxy groups -OCH3 is 1. The molecule has 1 aliphatic heterocycles. The number of rotatable bonds is 13. The lowest BCUT2D eigenvalue weighted by atomic mass is 9.98. The van der Waals surface area contributed by atoms with Crippen LogP contribution in [0.3, 0.4) is 0 Å². The molecular formula is C30H34O6. The Morgan fingerprint density at radius 3 is 1.69 bits per heavy atom. The normalized spacial score (nSPS) is 23.8. The second-order valence-electron chi connectivity index (χ2n) is 8.57. The highest BCUT2D eigenvalue weighted by Crippen LogP contribution is 2.30. The third-order valence-electron chi connectivity index (χ3n) is 6.04. The van der Waals surface area contributed by atoms with Crippen LogP contribution in [0, 0.1) is 0 Å². The molecule has 4 rings (SSSR count). The number of ether oxygens (including phenoxy) is 6. The van der Waals surface area contributed by atoms with Gasteiger partial charge in [0.1, 0.15) is 18.3 Å². The first kappa shape index (κ1) is 26.1. The van der Waals surface area contributed by atoms with Gasteiger partial charge in [0, 0.05) is 7.11 Å². The van der Waals surface area contributed by atoms with Gasteiger partial charge in [-0.2, -0.15) is 0 Å². The summed E-state index contributed by atoms with van der Waals surface area (Å²) in [6.07, 6.45) is -1.23. The zero-order valence-corrected chi connectivity index (χ0v) is 20.6. The molecule has 0 N–H and O–H groups in total. The molecule has 36 heavy (non-hydrogen) atoms. The smallest absolute Gasteiger partial charge is 0.186 e. The molecule has 0 bridgehead atoms. The Morgan fingerprint density at radius 1 is 0.694 bits per heavy atom. The minimum atomic E-state index is -0.663. The van der Waals surface area contributed by atoms with Crippen molar-refractivity contribution >= 4 is 0 Å². The predicted molar refractivity (Wildman–Crippen MR) is 137 cm³/mol. The van der Waals surface area contributed by atoms with Crippen molar-refractivity contribution < 1.29 is 28.4 Å². The summed E-state index contributed by atoms with van der Waals surface area (Å²) in [5, 5.41) is 0. The van der Waals surface area contributed by atoms with Gasteiger partial charge in [-0.15, -0.1) is 0 Å². The standard InChI is InChI=1S/C30H34O6/c1-3-33-27-26(22-32-19-23-13-7-4-8-14-23)36-30(31-2)29(35-21-25-17-11-6-12-18-25)28(27)34-20-24-15-9-5-10-16-24/h3-18,26-30H,1,19-22H2,2H3/t26-,27-,28+,29-,30+/m1/s1. The average molecular weight is 491 g/mol. The van der Waals surface area contributed by atoms with Crippen LogP contribution in [0.25, 0.3) is 0 Å². The number of benzene rings is 3. The van der Waals surface area contributed by atoms with Crippen molar-refractivity contribution in [2.45, 2.75) is 50.5 Å². The van der Waals surface area contributed by atoms with Gasteiger partial charge in [-0.1, -0.05) is 97.6 Å². The Labute approximate surface area is 213 Å². The summed E-state index contributed by atoms with van der Waals surface area (Å²) >= 11 is 0. The van der Waals surface area contributed by atoms with E-state index >= 15 is 0 Å². The van der Waals surface area contributed by atoms with Crippen molar-refractivity contribution in [2.75, 3.05) is 13.7 Å². The third kappa shape index (κ3) is 7.26. The number of hydrogen-bond donors (Lipinski definition) is 0. The zero-order chi connectivity index (χ0) is 25.0. The highest BCUT2D eigenvalue weighted by atomic mass is 16.7. The largest absolute Gasteiger partial charge is 0.493 e. The Hall–Kier alpha value is -3.00. The molecule has 1 heterocycles. The summed E-state index contributed by atoms with van der Waals surface area (Å²) in [6, 6.07) is 30.0. The first-order valence-corrected chi connectivity index (χ1v) is 12.2. The highest BCUT2D eigenvalue weighted by molar-refractivity contribution is 5.15. The van der Waals surface area contributed by atoms with E-state index in [1.165, 1.54) is 6.26 Å². The van der Waals surface area contributed by atoms with Gasteiger partial charge in [0.15, 0.2) is 12.4 Å². The van der Waals surface area contributed by atoms with Crippen molar-refractivity contribution in [3.63, 3.8) is 0 Å². The van der Waals surface area contributed by atoms with Crippen molar-refractivity contribution in [3.8, 4) is 0 Å².